The van der Waals surface area contributed by atoms with Crippen LogP contribution in [0, 0.1) is 10.1 Å². The average molecular weight is 348 g/mol. The van der Waals surface area contributed by atoms with E-state index in [1.54, 1.807) is 24.3 Å². The summed E-state index contributed by atoms with van der Waals surface area (Å²) in [5, 5.41) is 10.9. The first-order valence-electron chi connectivity index (χ1n) is 6.52. The van der Waals surface area contributed by atoms with Crippen molar-refractivity contribution < 1.29 is 9.72 Å². The molecule has 5 heteroatoms. The van der Waals surface area contributed by atoms with Gasteiger partial charge in [0.2, 0.25) is 6.54 Å². The predicted molar refractivity (Wildman–Crippen MR) is 84.1 cm³/mol. The summed E-state index contributed by atoms with van der Waals surface area (Å²) in [5.41, 5.74) is 1.38. The van der Waals surface area contributed by atoms with Crippen molar-refractivity contribution in [1.29, 1.82) is 0 Å². The number of Topliss-reactive ketones (excluding diaryl/α,β-unsaturated/α-hetero) is 1. The van der Waals surface area contributed by atoms with E-state index in [2.05, 4.69) is 15.9 Å². The van der Waals surface area contributed by atoms with Gasteiger partial charge in [0.1, 0.15) is 0 Å². The van der Waals surface area contributed by atoms with Gasteiger partial charge in [-0.15, -0.1) is 0 Å². The first kappa shape index (κ1) is 15.4. The van der Waals surface area contributed by atoms with Crippen LogP contribution in [0.1, 0.15) is 28.3 Å². The summed E-state index contributed by atoms with van der Waals surface area (Å²) >= 11 is 3.35. The maximum absolute atomic E-state index is 12.3. The maximum Gasteiger partial charge on any atom is 0.211 e. The molecule has 0 saturated heterocycles. The van der Waals surface area contributed by atoms with Gasteiger partial charge in [0.15, 0.2) is 5.78 Å². The Morgan fingerprint density at radius 2 is 1.86 bits per heavy atom. The molecule has 0 N–H and O–H groups in total. The summed E-state index contributed by atoms with van der Waals surface area (Å²) in [4.78, 5) is 22.8. The highest BCUT2D eigenvalue weighted by Gasteiger charge is 2.22. The summed E-state index contributed by atoms with van der Waals surface area (Å²) in [6.07, 6.45) is 0.126. The highest BCUT2D eigenvalue weighted by molar-refractivity contribution is 9.10. The smallest absolute Gasteiger partial charge is 0.211 e. The third-order valence-electron chi connectivity index (χ3n) is 3.22. The maximum atomic E-state index is 12.3. The van der Waals surface area contributed by atoms with E-state index in [9.17, 15) is 14.9 Å². The van der Waals surface area contributed by atoms with Crippen molar-refractivity contribution >= 4 is 21.7 Å². The zero-order valence-electron chi connectivity index (χ0n) is 11.2. The van der Waals surface area contributed by atoms with Crippen molar-refractivity contribution in [1.82, 2.24) is 0 Å². The first-order chi connectivity index (χ1) is 10.1. The lowest BCUT2D eigenvalue weighted by atomic mass is 9.91. The molecular formula is C16H14BrNO3. The van der Waals surface area contributed by atoms with Crippen LogP contribution in [0.15, 0.2) is 59.1 Å². The molecule has 0 spiro atoms. The third kappa shape index (κ3) is 4.49. The molecule has 0 bridgehead atoms. The van der Waals surface area contributed by atoms with E-state index in [4.69, 9.17) is 0 Å². The second-order valence-corrected chi connectivity index (χ2v) is 5.68. The lowest BCUT2D eigenvalue weighted by molar-refractivity contribution is -0.483. The molecule has 0 aromatic heterocycles. The highest BCUT2D eigenvalue weighted by atomic mass is 79.9. The molecule has 1 atom stereocenters. The van der Waals surface area contributed by atoms with Crippen molar-refractivity contribution in [3.05, 3.63) is 80.3 Å². The molecule has 0 radical (unpaired) electrons. The van der Waals surface area contributed by atoms with Gasteiger partial charge in [-0.3, -0.25) is 14.9 Å². The van der Waals surface area contributed by atoms with E-state index in [1.165, 1.54) is 0 Å². The Balaban J connectivity index is 2.21. The van der Waals surface area contributed by atoms with Crippen LogP contribution in [0.5, 0.6) is 0 Å². The fraction of sp³-hybridized carbons (Fsp3) is 0.188. The minimum atomic E-state index is -0.426. The number of hydrogen-bond acceptors (Lipinski definition) is 3. The van der Waals surface area contributed by atoms with Gasteiger partial charge in [-0.05, 0) is 17.7 Å². The van der Waals surface area contributed by atoms with E-state index in [-0.39, 0.29) is 23.7 Å². The Bertz CT molecular complexity index is 643. The van der Waals surface area contributed by atoms with Crippen LogP contribution in [0.3, 0.4) is 0 Å². The van der Waals surface area contributed by atoms with Crippen molar-refractivity contribution in [2.75, 3.05) is 6.54 Å². The standard InChI is InChI=1S/C16H14BrNO3/c17-15-8-4-7-13(9-15)14(11-18(20)21)10-16(19)12-5-2-1-3-6-12/h1-9,14H,10-11H2. The van der Waals surface area contributed by atoms with Crippen LogP contribution < -0.4 is 0 Å². The molecular weight excluding hydrogens is 334 g/mol. The van der Waals surface area contributed by atoms with Gasteiger partial charge in [0.05, 0.1) is 5.92 Å². The largest absolute Gasteiger partial charge is 0.294 e. The number of benzene rings is 2. The fourth-order valence-electron chi connectivity index (χ4n) is 2.19. The Kier molecular flexibility index (Phi) is 5.22. The molecule has 0 aliphatic heterocycles. The lowest BCUT2D eigenvalue weighted by Gasteiger charge is -2.13. The predicted octanol–water partition coefficient (Wildman–Crippen LogP) is 4.08. The minimum absolute atomic E-state index is 0.0811. The number of rotatable bonds is 6. The molecule has 0 fully saturated rings. The fourth-order valence-corrected chi connectivity index (χ4v) is 2.61. The zero-order chi connectivity index (χ0) is 15.2. The average Bonchev–Trinajstić information content (AvgIpc) is 2.47. The van der Waals surface area contributed by atoms with Crippen molar-refractivity contribution in [3.63, 3.8) is 0 Å². The number of halogens is 1. The molecule has 0 aliphatic rings. The third-order valence-corrected chi connectivity index (χ3v) is 3.71. The van der Waals surface area contributed by atoms with Gasteiger partial charge in [0.25, 0.3) is 0 Å². The Hall–Kier alpha value is -2.01. The van der Waals surface area contributed by atoms with Crippen molar-refractivity contribution in [2.24, 2.45) is 0 Å². The monoisotopic (exact) mass is 347 g/mol. The second kappa shape index (κ2) is 7.13. The van der Waals surface area contributed by atoms with Gasteiger partial charge in [-0.1, -0.05) is 58.4 Å². The van der Waals surface area contributed by atoms with Gasteiger partial charge >= 0.3 is 0 Å². The number of hydrogen-bond donors (Lipinski definition) is 0. The minimum Gasteiger partial charge on any atom is -0.294 e. The molecule has 0 aliphatic carbocycles. The molecule has 2 aromatic carbocycles. The lowest BCUT2D eigenvalue weighted by Crippen LogP contribution is -2.16. The van der Waals surface area contributed by atoms with Gasteiger partial charge < -0.3 is 0 Å². The number of carbonyl (C=O) groups is 1. The summed E-state index contributed by atoms with van der Waals surface area (Å²) < 4.78 is 0.848. The van der Waals surface area contributed by atoms with Crippen LogP contribution >= 0.6 is 15.9 Å². The van der Waals surface area contributed by atoms with E-state index >= 15 is 0 Å². The topological polar surface area (TPSA) is 60.2 Å². The molecule has 0 heterocycles. The molecule has 108 valence electrons. The van der Waals surface area contributed by atoms with E-state index in [0.29, 0.717) is 5.56 Å². The van der Waals surface area contributed by atoms with Gasteiger partial charge in [0, 0.05) is 21.4 Å². The number of carbonyl (C=O) groups excluding carboxylic acids is 1. The zero-order valence-corrected chi connectivity index (χ0v) is 12.8. The Labute approximate surface area is 131 Å². The van der Waals surface area contributed by atoms with Crippen molar-refractivity contribution in [2.45, 2.75) is 12.3 Å². The quantitative estimate of drug-likeness (QED) is 0.449. The van der Waals surface area contributed by atoms with E-state index in [1.807, 2.05) is 30.3 Å². The number of nitrogens with zero attached hydrogens (tertiary/aromatic N) is 1. The molecule has 2 rings (SSSR count). The van der Waals surface area contributed by atoms with Crippen LogP contribution in [0.2, 0.25) is 0 Å². The SMILES string of the molecule is O=C(CC(C[N+](=O)[O-])c1cccc(Br)c1)c1ccccc1. The van der Waals surface area contributed by atoms with Crippen LogP contribution in [-0.4, -0.2) is 17.3 Å². The van der Waals surface area contributed by atoms with Crippen LogP contribution in [0.4, 0.5) is 0 Å². The summed E-state index contributed by atoms with van der Waals surface area (Å²) in [6, 6.07) is 16.2. The van der Waals surface area contributed by atoms with E-state index < -0.39 is 5.92 Å². The van der Waals surface area contributed by atoms with Gasteiger partial charge in [-0.25, -0.2) is 0 Å². The van der Waals surface area contributed by atoms with Crippen LogP contribution in [0.25, 0.3) is 0 Å². The molecule has 1 unspecified atom stereocenters. The second-order valence-electron chi connectivity index (χ2n) is 4.76. The normalized spacial score (nSPS) is 11.9. The summed E-state index contributed by atoms with van der Waals surface area (Å²) in [6.45, 7) is -0.255. The molecule has 0 amide bonds. The number of nitro groups is 1. The van der Waals surface area contributed by atoms with Crippen molar-refractivity contribution in [3.8, 4) is 0 Å². The summed E-state index contributed by atoms with van der Waals surface area (Å²) in [5.74, 6) is -0.507. The molecule has 0 saturated carbocycles. The molecule has 4 nitrogen and oxygen atoms in total. The first-order valence-corrected chi connectivity index (χ1v) is 7.31. The molecule has 2 aromatic rings. The number of ketones is 1. The Morgan fingerprint density at radius 1 is 1.14 bits per heavy atom. The Morgan fingerprint density at radius 3 is 2.48 bits per heavy atom. The van der Waals surface area contributed by atoms with Gasteiger partial charge in [-0.2, -0.15) is 0 Å². The molecule has 21 heavy (non-hydrogen) atoms. The summed E-state index contributed by atoms with van der Waals surface area (Å²) in [7, 11) is 0. The van der Waals surface area contributed by atoms with Crippen LogP contribution in [-0.2, 0) is 0 Å². The highest BCUT2D eigenvalue weighted by Crippen LogP contribution is 2.25. The van der Waals surface area contributed by atoms with E-state index in [0.717, 1.165) is 10.0 Å².